The van der Waals surface area contributed by atoms with Crippen LogP contribution in [0.15, 0.2) is 18.2 Å². The number of hydrogen-bond donors (Lipinski definition) is 1. The Morgan fingerprint density at radius 1 is 1.27 bits per heavy atom. The molecule has 0 aromatic heterocycles. The zero-order chi connectivity index (χ0) is 11.4. The molecule has 2 atom stereocenters. The topological polar surface area (TPSA) is 38.7 Å². The Hall–Kier alpha value is -0.930. The van der Waals surface area contributed by atoms with Crippen LogP contribution in [0.3, 0.4) is 0 Å². The fraction of sp³-hybridized carbons (Fsp3) is 0.455. The van der Waals surface area contributed by atoms with E-state index in [1.807, 2.05) is 0 Å². The number of alkyl halides is 1. The second kappa shape index (κ2) is 5.24. The SMILES string of the molecule is COc1ccc(C(O)C(C)Cl)c(OC)c1. The third kappa shape index (κ3) is 2.76. The molecule has 0 bridgehead atoms. The van der Waals surface area contributed by atoms with E-state index in [1.165, 1.54) is 0 Å². The summed E-state index contributed by atoms with van der Waals surface area (Å²) in [5, 5.41) is 9.45. The van der Waals surface area contributed by atoms with Crippen molar-refractivity contribution in [2.75, 3.05) is 14.2 Å². The minimum Gasteiger partial charge on any atom is -0.497 e. The summed E-state index contributed by atoms with van der Waals surface area (Å²) in [6, 6.07) is 5.24. The molecular weight excluding hydrogens is 216 g/mol. The molecule has 0 spiro atoms. The fourth-order valence-corrected chi connectivity index (χ4v) is 1.45. The van der Waals surface area contributed by atoms with Crippen LogP contribution >= 0.6 is 11.6 Å². The number of hydrogen-bond acceptors (Lipinski definition) is 3. The zero-order valence-corrected chi connectivity index (χ0v) is 9.78. The van der Waals surface area contributed by atoms with E-state index in [9.17, 15) is 5.11 Å². The number of aliphatic hydroxyl groups excluding tert-OH is 1. The summed E-state index contributed by atoms with van der Waals surface area (Å²) in [5.41, 5.74) is 0.667. The second-order valence-electron chi connectivity index (χ2n) is 3.23. The highest BCUT2D eigenvalue weighted by Gasteiger charge is 2.18. The van der Waals surface area contributed by atoms with Gasteiger partial charge in [0, 0.05) is 11.6 Å². The maximum absolute atomic E-state index is 9.82. The summed E-state index contributed by atoms with van der Waals surface area (Å²) in [4.78, 5) is 0. The van der Waals surface area contributed by atoms with Crippen LogP contribution in [0.2, 0.25) is 0 Å². The molecule has 1 N–H and O–H groups in total. The predicted molar refractivity (Wildman–Crippen MR) is 59.8 cm³/mol. The van der Waals surface area contributed by atoms with Gasteiger partial charge in [-0.25, -0.2) is 0 Å². The third-order valence-electron chi connectivity index (χ3n) is 2.19. The molecule has 1 rings (SSSR count). The highest BCUT2D eigenvalue weighted by atomic mass is 35.5. The average Bonchev–Trinajstić information content (AvgIpc) is 2.27. The summed E-state index contributed by atoms with van der Waals surface area (Å²) in [6.45, 7) is 1.73. The van der Waals surface area contributed by atoms with Gasteiger partial charge >= 0.3 is 0 Å². The first-order valence-corrected chi connectivity index (χ1v) is 5.07. The Morgan fingerprint density at radius 2 is 1.93 bits per heavy atom. The maximum atomic E-state index is 9.82. The van der Waals surface area contributed by atoms with Crippen LogP contribution in [0.4, 0.5) is 0 Å². The first-order valence-electron chi connectivity index (χ1n) is 4.64. The first kappa shape index (κ1) is 12.1. The summed E-state index contributed by atoms with van der Waals surface area (Å²) in [5.74, 6) is 1.26. The smallest absolute Gasteiger partial charge is 0.128 e. The third-order valence-corrected chi connectivity index (χ3v) is 2.43. The molecule has 0 fully saturated rings. The number of ether oxygens (including phenoxy) is 2. The minimum absolute atomic E-state index is 0.368. The van der Waals surface area contributed by atoms with Crippen LogP contribution in [0, 0.1) is 0 Å². The van der Waals surface area contributed by atoms with Gasteiger partial charge < -0.3 is 14.6 Å². The van der Waals surface area contributed by atoms with E-state index in [-0.39, 0.29) is 5.38 Å². The lowest BCUT2D eigenvalue weighted by molar-refractivity contribution is 0.172. The highest BCUT2D eigenvalue weighted by molar-refractivity contribution is 6.20. The second-order valence-corrected chi connectivity index (χ2v) is 3.92. The van der Waals surface area contributed by atoms with E-state index in [0.717, 1.165) is 0 Å². The van der Waals surface area contributed by atoms with Gasteiger partial charge in [0.15, 0.2) is 0 Å². The average molecular weight is 231 g/mol. The first-order chi connectivity index (χ1) is 7.10. The van der Waals surface area contributed by atoms with Gasteiger partial charge in [0.25, 0.3) is 0 Å². The summed E-state index contributed by atoms with van der Waals surface area (Å²) < 4.78 is 10.2. The molecule has 0 heterocycles. The van der Waals surface area contributed by atoms with E-state index in [1.54, 1.807) is 39.3 Å². The van der Waals surface area contributed by atoms with Gasteiger partial charge in [-0.2, -0.15) is 0 Å². The lowest BCUT2D eigenvalue weighted by atomic mass is 10.1. The Morgan fingerprint density at radius 3 is 2.40 bits per heavy atom. The molecule has 0 saturated heterocycles. The van der Waals surface area contributed by atoms with Gasteiger partial charge in [-0.3, -0.25) is 0 Å². The maximum Gasteiger partial charge on any atom is 0.128 e. The highest BCUT2D eigenvalue weighted by Crippen LogP contribution is 2.32. The molecule has 0 aliphatic carbocycles. The molecule has 0 amide bonds. The van der Waals surface area contributed by atoms with Crippen molar-refractivity contribution in [3.05, 3.63) is 23.8 Å². The van der Waals surface area contributed by atoms with Crippen molar-refractivity contribution >= 4 is 11.6 Å². The molecule has 2 unspecified atom stereocenters. The standard InChI is InChI=1S/C11H15ClO3/c1-7(12)11(13)9-5-4-8(14-2)6-10(9)15-3/h4-7,11,13H,1-3H3. The van der Waals surface area contributed by atoms with Crippen molar-refractivity contribution in [1.82, 2.24) is 0 Å². The molecular formula is C11H15ClO3. The number of methoxy groups -OCH3 is 2. The summed E-state index contributed by atoms with van der Waals surface area (Å²) in [6.07, 6.45) is -0.743. The van der Waals surface area contributed by atoms with Gasteiger partial charge in [-0.1, -0.05) is 0 Å². The predicted octanol–water partition coefficient (Wildman–Crippen LogP) is 2.36. The summed E-state index contributed by atoms with van der Waals surface area (Å²) >= 11 is 5.83. The van der Waals surface area contributed by atoms with Gasteiger partial charge in [0.1, 0.15) is 11.5 Å². The fourth-order valence-electron chi connectivity index (χ4n) is 1.31. The normalized spacial score (nSPS) is 14.5. The molecule has 3 nitrogen and oxygen atoms in total. The van der Waals surface area contributed by atoms with Crippen LogP contribution in [0.5, 0.6) is 11.5 Å². The van der Waals surface area contributed by atoms with E-state index in [0.29, 0.717) is 17.1 Å². The molecule has 0 saturated carbocycles. The molecule has 1 aromatic rings. The van der Waals surface area contributed by atoms with E-state index < -0.39 is 6.10 Å². The number of aliphatic hydroxyl groups is 1. The molecule has 1 aromatic carbocycles. The Bertz CT molecular complexity index is 326. The molecule has 0 radical (unpaired) electrons. The van der Waals surface area contributed by atoms with Crippen molar-refractivity contribution in [3.63, 3.8) is 0 Å². The van der Waals surface area contributed by atoms with Crippen LogP contribution in [-0.2, 0) is 0 Å². The molecule has 15 heavy (non-hydrogen) atoms. The van der Waals surface area contributed by atoms with Gasteiger partial charge in [-0.05, 0) is 19.1 Å². The van der Waals surface area contributed by atoms with Crippen LogP contribution in [-0.4, -0.2) is 24.7 Å². The van der Waals surface area contributed by atoms with Gasteiger partial charge in [0.2, 0.25) is 0 Å². The minimum atomic E-state index is -0.743. The monoisotopic (exact) mass is 230 g/mol. The van der Waals surface area contributed by atoms with Crippen molar-refractivity contribution in [1.29, 1.82) is 0 Å². The van der Waals surface area contributed by atoms with Gasteiger partial charge in [0.05, 0.1) is 25.7 Å². The van der Waals surface area contributed by atoms with E-state index >= 15 is 0 Å². The number of benzene rings is 1. The van der Waals surface area contributed by atoms with Crippen molar-refractivity contribution < 1.29 is 14.6 Å². The van der Waals surface area contributed by atoms with Gasteiger partial charge in [-0.15, -0.1) is 11.6 Å². The van der Waals surface area contributed by atoms with Crippen molar-refractivity contribution in [2.45, 2.75) is 18.4 Å². The molecule has 84 valence electrons. The van der Waals surface area contributed by atoms with Crippen molar-refractivity contribution in [2.24, 2.45) is 0 Å². The van der Waals surface area contributed by atoms with E-state index in [2.05, 4.69) is 0 Å². The number of halogens is 1. The zero-order valence-electron chi connectivity index (χ0n) is 9.03. The molecule has 0 aliphatic rings. The Labute approximate surface area is 94.6 Å². The van der Waals surface area contributed by atoms with Crippen LogP contribution in [0.25, 0.3) is 0 Å². The quantitative estimate of drug-likeness (QED) is 0.808. The lowest BCUT2D eigenvalue weighted by Gasteiger charge is -2.17. The Balaban J connectivity index is 3.07. The lowest BCUT2D eigenvalue weighted by Crippen LogP contribution is -2.09. The van der Waals surface area contributed by atoms with E-state index in [4.69, 9.17) is 21.1 Å². The van der Waals surface area contributed by atoms with Crippen LogP contribution < -0.4 is 9.47 Å². The molecule has 0 aliphatic heterocycles. The largest absolute Gasteiger partial charge is 0.497 e. The Kier molecular flexibility index (Phi) is 4.24. The van der Waals surface area contributed by atoms with Crippen molar-refractivity contribution in [3.8, 4) is 11.5 Å². The van der Waals surface area contributed by atoms with Crippen LogP contribution in [0.1, 0.15) is 18.6 Å². The number of rotatable bonds is 4. The summed E-state index contributed by atoms with van der Waals surface area (Å²) in [7, 11) is 3.12. The molecule has 4 heteroatoms.